The van der Waals surface area contributed by atoms with E-state index in [2.05, 4.69) is 10.7 Å². The highest BCUT2D eigenvalue weighted by Crippen LogP contribution is 2.39. The Morgan fingerprint density at radius 3 is 2.36 bits per heavy atom. The van der Waals surface area contributed by atoms with Crippen molar-refractivity contribution in [1.29, 1.82) is 0 Å². The molecule has 0 bridgehead atoms. The molecule has 0 saturated heterocycles. The average molecular weight is 203 g/mol. The van der Waals surface area contributed by atoms with Gasteiger partial charge in [-0.1, -0.05) is 23.4 Å². The molecule has 1 heterocycles. The molecule has 6 heteroatoms. The SMILES string of the molecule is CC1(Cl)NC(C(F)(F)F)=[C]S1. The number of nitrogens with one attached hydrogen (secondary N) is 1. The van der Waals surface area contributed by atoms with Crippen molar-refractivity contribution >= 4 is 23.4 Å². The highest BCUT2D eigenvalue weighted by atomic mass is 35.5. The van der Waals surface area contributed by atoms with Crippen LogP contribution in [-0.4, -0.2) is 10.5 Å². The zero-order valence-corrected chi connectivity index (χ0v) is 6.99. The van der Waals surface area contributed by atoms with Crippen molar-refractivity contribution in [2.24, 2.45) is 0 Å². The fraction of sp³-hybridized carbons (Fsp3) is 0.600. The molecule has 11 heavy (non-hydrogen) atoms. The molecule has 0 aromatic heterocycles. The Kier molecular flexibility index (Phi) is 2.05. The lowest BCUT2D eigenvalue weighted by molar-refractivity contribution is -0.0969. The lowest BCUT2D eigenvalue weighted by atomic mass is 10.5. The van der Waals surface area contributed by atoms with Gasteiger partial charge in [-0.2, -0.15) is 13.2 Å². The lowest BCUT2D eigenvalue weighted by Crippen LogP contribution is -2.33. The van der Waals surface area contributed by atoms with Gasteiger partial charge in [-0.15, -0.1) is 0 Å². The molecule has 1 radical (unpaired) electrons. The fourth-order valence-electron chi connectivity index (χ4n) is 0.550. The maximum absolute atomic E-state index is 11.9. The molecule has 1 atom stereocenters. The van der Waals surface area contributed by atoms with Crippen molar-refractivity contribution in [1.82, 2.24) is 5.32 Å². The molecule has 0 saturated carbocycles. The van der Waals surface area contributed by atoms with Gasteiger partial charge in [0.15, 0.2) is 4.33 Å². The van der Waals surface area contributed by atoms with E-state index in [0.717, 1.165) is 11.8 Å². The van der Waals surface area contributed by atoms with Gasteiger partial charge in [0.05, 0.1) is 5.41 Å². The van der Waals surface area contributed by atoms with E-state index in [4.69, 9.17) is 11.6 Å². The summed E-state index contributed by atoms with van der Waals surface area (Å²) in [6, 6.07) is 0. The van der Waals surface area contributed by atoms with E-state index < -0.39 is 16.2 Å². The first-order chi connectivity index (χ1) is 4.81. The number of allylic oxidation sites excluding steroid dienone is 1. The van der Waals surface area contributed by atoms with Crippen molar-refractivity contribution in [3.63, 3.8) is 0 Å². The van der Waals surface area contributed by atoms with E-state index in [-0.39, 0.29) is 0 Å². The van der Waals surface area contributed by atoms with Gasteiger partial charge in [0.1, 0.15) is 5.70 Å². The van der Waals surface area contributed by atoms with Crippen molar-refractivity contribution in [2.45, 2.75) is 17.4 Å². The first kappa shape index (κ1) is 9.06. The summed E-state index contributed by atoms with van der Waals surface area (Å²) >= 11 is 6.32. The summed E-state index contributed by atoms with van der Waals surface area (Å²) in [4.78, 5) is 0. The first-order valence-electron chi connectivity index (χ1n) is 2.66. The molecular formula is C5H4ClF3NS. The van der Waals surface area contributed by atoms with Gasteiger partial charge >= 0.3 is 6.18 Å². The standard InChI is InChI=1S/C5H4ClF3NS/c1-4(6)10-3(2-11-4)5(7,8)9/h10H,1H3. The van der Waals surface area contributed by atoms with Crippen LogP contribution in [0.4, 0.5) is 13.2 Å². The Balaban J connectivity index is 2.68. The second-order valence-corrected chi connectivity index (χ2v) is 4.32. The molecule has 0 fully saturated rings. The number of rotatable bonds is 0. The summed E-state index contributed by atoms with van der Waals surface area (Å²) < 4.78 is 34.5. The summed E-state index contributed by atoms with van der Waals surface area (Å²) in [5, 5.41) is 4.13. The van der Waals surface area contributed by atoms with Crippen LogP contribution >= 0.6 is 23.4 Å². The smallest absolute Gasteiger partial charge is 0.353 e. The number of thioether (sulfide) groups is 1. The van der Waals surface area contributed by atoms with Gasteiger partial charge in [0.2, 0.25) is 0 Å². The molecule has 0 amide bonds. The molecule has 0 aromatic rings. The van der Waals surface area contributed by atoms with Crippen LogP contribution in [0.3, 0.4) is 0 Å². The molecular weight excluding hydrogens is 199 g/mol. The minimum atomic E-state index is -4.38. The molecule has 1 unspecified atom stereocenters. The number of hydrogen-bond acceptors (Lipinski definition) is 2. The van der Waals surface area contributed by atoms with Gasteiger partial charge in [0, 0.05) is 0 Å². The van der Waals surface area contributed by atoms with Crippen LogP contribution in [0.2, 0.25) is 0 Å². The van der Waals surface area contributed by atoms with Crippen molar-refractivity contribution in [3.05, 3.63) is 11.1 Å². The maximum atomic E-state index is 11.9. The highest BCUT2D eigenvalue weighted by Gasteiger charge is 2.42. The number of hydrogen-bond donors (Lipinski definition) is 1. The van der Waals surface area contributed by atoms with Crippen LogP contribution in [0.5, 0.6) is 0 Å². The van der Waals surface area contributed by atoms with Crippen LogP contribution in [0.1, 0.15) is 6.92 Å². The molecule has 63 valence electrons. The van der Waals surface area contributed by atoms with Crippen LogP contribution < -0.4 is 5.32 Å². The Labute approximate surface area is 71.0 Å². The summed E-state index contributed by atoms with van der Waals surface area (Å²) in [6.45, 7) is 1.44. The summed E-state index contributed by atoms with van der Waals surface area (Å²) in [5.41, 5.74) is -0.903. The molecule has 1 aliphatic heterocycles. The zero-order valence-electron chi connectivity index (χ0n) is 5.42. The number of alkyl halides is 4. The molecule has 0 spiro atoms. The van der Waals surface area contributed by atoms with E-state index in [1.807, 2.05) is 0 Å². The predicted octanol–water partition coefficient (Wildman–Crippen LogP) is 2.44. The Morgan fingerprint density at radius 1 is 1.64 bits per heavy atom. The first-order valence-corrected chi connectivity index (χ1v) is 3.86. The van der Waals surface area contributed by atoms with Gasteiger partial charge in [-0.05, 0) is 6.92 Å². The van der Waals surface area contributed by atoms with E-state index in [0.29, 0.717) is 0 Å². The summed E-state index contributed by atoms with van der Waals surface area (Å²) in [6.07, 6.45) is -4.38. The fourth-order valence-corrected chi connectivity index (χ4v) is 1.37. The maximum Gasteiger partial charge on any atom is 0.432 e. The monoisotopic (exact) mass is 202 g/mol. The Hall–Kier alpha value is -0.0300. The quantitative estimate of drug-likeness (QED) is 0.478. The molecule has 1 nitrogen and oxygen atoms in total. The topological polar surface area (TPSA) is 12.0 Å². The van der Waals surface area contributed by atoms with E-state index in [1.54, 1.807) is 0 Å². The second kappa shape index (κ2) is 2.48. The van der Waals surface area contributed by atoms with Crippen molar-refractivity contribution < 1.29 is 13.2 Å². The Morgan fingerprint density at radius 2 is 2.18 bits per heavy atom. The zero-order chi connectivity index (χ0) is 8.70. The average Bonchev–Trinajstić information content (AvgIpc) is 2.07. The van der Waals surface area contributed by atoms with Gasteiger partial charge in [-0.25, -0.2) is 0 Å². The largest absolute Gasteiger partial charge is 0.432 e. The predicted molar refractivity (Wildman–Crippen MR) is 37.8 cm³/mol. The van der Waals surface area contributed by atoms with E-state index in [1.165, 1.54) is 6.92 Å². The number of halogens is 4. The van der Waals surface area contributed by atoms with E-state index in [9.17, 15) is 13.2 Å². The Bertz CT molecular complexity index is 198. The van der Waals surface area contributed by atoms with Crippen molar-refractivity contribution in [2.75, 3.05) is 0 Å². The van der Waals surface area contributed by atoms with Gasteiger partial charge in [0.25, 0.3) is 0 Å². The van der Waals surface area contributed by atoms with Crippen LogP contribution in [0, 0.1) is 5.41 Å². The molecule has 1 N–H and O–H groups in total. The summed E-state index contributed by atoms with van der Waals surface area (Å²) in [7, 11) is 0. The third-order valence-electron chi connectivity index (χ3n) is 0.977. The van der Waals surface area contributed by atoms with Gasteiger partial charge in [-0.3, -0.25) is 0 Å². The highest BCUT2D eigenvalue weighted by molar-refractivity contribution is 8.03. The van der Waals surface area contributed by atoms with Crippen LogP contribution in [-0.2, 0) is 0 Å². The minimum absolute atomic E-state index is 0.782. The van der Waals surface area contributed by atoms with E-state index >= 15 is 0 Å². The molecule has 0 aromatic carbocycles. The lowest BCUT2D eigenvalue weighted by Gasteiger charge is -2.17. The normalized spacial score (nSPS) is 31.5. The van der Waals surface area contributed by atoms with Gasteiger partial charge < -0.3 is 5.32 Å². The molecule has 0 aliphatic carbocycles. The minimum Gasteiger partial charge on any atom is -0.353 e. The molecule has 1 rings (SSSR count). The summed E-state index contributed by atoms with van der Waals surface area (Å²) in [5.74, 6) is 0. The third-order valence-corrected chi connectivity index (χ3v) is 2.09. The van der Waals surface area contributed by atoms with Crippen molar-refractivity contribution in [3.8, 4) is 0 Å². The second-order valence-electron chi connectivity index (χ2n) is 2.12. The third kappa shape index (κ3) is 2.20. The van der Waals surface area contributed by atoms with Crippen LogP contribution in [0.25, 0.3) is 0 Å². The molecule has 1 aliphatic rings. The van der Waals surface area contributed by atoms with Crippen LogP contribution in [0.15, 0.2) is 5.70 Å².